The van der Waals surface area contributed by atoms with Gasteiger partial charge in [-0.05, 0) is 56.4 Å². The average molecular weight is 435 g/mol. The number of carbonyl (C=O) groups excluding carboxylic acids is 2. The Labute approximate surface area is 185 Å². The van der Waals surface area contributed by atoms with Gasteiger partial charge < -0.3 is 18.9 Å². The summed E-state index contributed by atoms with van der Waals surface area (Å²) in [5.74, 6) is 0.351. The fourth-order valence-corrected chi connectivity index (χ4v) is 3.89. The van der Waals surface area contributed by atoms with Crippen molar-refractivity contribution in [2.24, 2.45) is 0 Å². The predicted octanol–water partition coefficient (Wildman–Crippen LogP) is 3.77. The van der Waals surface area contributed by atoms with Gasteiger partial charge in [-0.2, -0.15) is 0 Å². The highest BCUT2D eigenvalue weighted by molar-refractivity contribution is 6.03. The van der Waals surface area contributed by atoms with E-state index in [1.807, 2.05) is 24.3 Å². The summed E-state index contributed by atoms with van der Waals surface area (Å²) in [7, 11) is 1.62. The molecule has 3 aromatic rings. The highest BCUT2D eigenvalue weighted by atomic mass is 16.5. The van der Waals surface area contributed by atoms with E-state index in [4.69, 9.17) is 14.0 Å². The molecular weight excluding hydrogens is 410 g/mol. The van der Waals surface area contributed by atoms with E-state index in [1.165, 1.54) is 0 Å². The van der Waals surface area contributed by atoms with E-state index in [0.717, 1.165) is 42.7 Å². The highest BCUT2D eigenvalue weighted by Crippen LogP contribution is 2.40. The van der Waals surface area contributed by atoms with Crippen molar-refractivity contribution in [3.8, 4) is 5.75 Å². The molecule has 0 saturated heterocycles. The lowest BCUT2D eigenvalue weighted by molar-refractivity contribution is -0.135. The Kier molecular flexibility index (Phi) is 5.28. The number of nitrogens with zero attached hydrogens (tertiary/aromatic N) is 3. The summed E-state index contributed by atoms with van der Waals surface area (Å²) in [4.78, 5) is 32.2. The molecular formula is C24H25N3O5. The minimum Gasteiger partial charge on any atom is -0.497 e. The molecule has 1 aromatic carbocycles. The van der Waals surface area contributed by atoms with Gasteiger partial charge in [0.15, 0.2) is 6.61 Å². The molecule has 0 aliphatic heterocycles. The fraction of sp³-hybridized carbons (Fsp3) is 0.417. The third-order valence-electron chi connectivity index (χ3n) is 6.00. The van der Waals surface area contributed by atoms with Gasteiger partial charge in [0.25, 0.3) is 11.6 Å². The summed E-state index contributed by atoms with van der Waals surface area (Å²) in [6, 6.07) is 9.58. The molecule has 0 unspecified atom stereocenters. The summed E-state index contributed by atoms with van der Waals surface area (Å²) in [5.41, 5.74) is 3.08. The molecule has 5 rings (SSSR count). The molecule has 166 valence electrons. The molecule has 1 amide bonds. The molecule has 0 atom stereocenters. The Bertz CT molecular complexity index is 1160. The van der Waals surface area contributed by atoms with Crippen LogP contribution in [-0.4, -0.2) is 46.7 Å². The van der Waals surface area contributed by atoms with Crippen LogP contribution in [0.2, 0.25) is 0 Å². The minimum atomic E-state index is -0.556. The maximum Gasteiger partial charge on any atom is 0.339 e. The third-order valence-corrected chi connectivity index (χ3v) is 6.00. The number of ether oxygens (including phenoxy) is 2. The van der Waals surface area contributed by atoms with E-state index < -0.39 is 5.97 Å². The second-order valence-corrected chi connectivity index (χ2v) is 8.49. The largest absolute Gasteiger partial charge is 0.497 e. The first-order chi connectivity index (χ1) is 15.5. The molecule has 2 heterocycles. The Morgan fingerprint density at radius 2 is 1.91 bits per heavy atom. The Balaban J connectivity index is 1.29. The number of fused-ring (bicyclic) bond motifs is 1. The van der Waals surface area contributed by atoms with Gasteiger partial charge in [-0.3, -0.25) is 4.79 Å². The zero-order chi connectivity index (χ0) is 22.2. The zero-order valence-corrected chi connectivity index (χ0v) is 18.2. The van der Waals surface area contributed by atoms with Crippen LogP contribution < -0.4 is 4.74 Å². The Hall–Kier alpha value is -3.42. The molecule has 8 heteroatoms. The van der Waals surface area contributed by atoms with Crippen LogP contribution in [0.25, 0.3) is 11.1 Å². The normalized spacial score (nSPS) is 15.6. The quantitative estimate of drug-likeness (QED) is 0.497. The van der Waals surface area contributed by atoms with Gasteiger partial charge in [0.1, 0.15) is 5.75 Å². The van der Waals surface area contributed by atoms with Crippen molar-refractivity contribution < 1.29 is 23.6 Å². The monoisotopic (exact) mass is 435 g/mol. The van der Waals surface area contributed by atoms with Crippen LogP contribution in [0.1, 0.15) is 58.9 Å². The molecule has 2 aromatic heterocycles. The lowest BCUT2D eigenvalue weighted by Crippen LogP contribution is -2.36. The van der Waals surface area contributed by atoms with Crippen molar-refractivity contribution in [1.29, 1.82) is 0 Å². The smallest absolute Gasteiger partial charge is 0.339 e. The second-order valence-electron chi connectivity index (χ2n) is 8.49. The number of amides is 1. The number of rotatable bonds is 8. The van der Waals surface area contributed by atoms with Crippen molar-refractivity contribution >= 4 is 23.0 Å². The summed E-state index contributed by atoms with van der Waals surface area (Å²) < 4.78 is 15.9. The first-order valence-corrected chi connectivity index (χ1v) is 10.9. The highest BCUT2D eigenvalue weighted by Gasteiger charge is 2.33. The van der Waals surface area contributed by atoms with Crippen molar-refractivity contribution in [2.75, 3.05) is 13.7 Å². The van der Waals surface area contributed by atoms with E-state index >= 15 is 0 Å². The van der Waals surface area contributed by atoms with Crippen molar-refractivity contribution in [2.45, 2.75) is 51.1 Å². The molecule has 2 aliphatic rings. The summed E-state index contributed by atoms with van der Waals surface area (Å²) in [5, 5.41) is 4.49. The molecule has 2 fully saturated rings. The summed E-state index contributed by atoms with van der Waals surface area (Å²) >= 11 is 0. The average Bonchev–Trinajstić information content (AvgIpc) is 3.73. The Morgan fingerprint density at radius 1 is 1.16 bits per heavy atom. The molecule has 2 aliphatic carbocycles. The number of methoxy groups -OCH3 is 1. The van der Waals surface area contributed by atoms with E-state index in [1.54, 1.807) is 25.0 Å². The van der Waals surface area contributed by atoms with Crippen molar-refractivity contribution in [3.63, 3.8) is 0 Å². The Morgan fingerprint density at radius 3 is 2.56 bits per heavy atom. The van der Waals surface area contributed by atoms with Gasteiger partial charge in [-0.1, -0.05) is 17.3 Å². The maximum atomic E-state index is 12.9. The zero-order valence-electron chi connectivity index (χ0n) is 18.2. The summed E-state index contributed by atoms with van der Waals surface area (Å²) in [6.45, 7) is 1.93. The topological polar surface area (TPSA) is 94.8 Å². The van der Waals surface area contributed by atoms with Gasteiger partial charge >= 0.3 is 5.97 Å². The maximum absolute atomic E-state index is 12.9. The molecule has 0 bridgehead atoms. The number of hydrogen-bond acceptors (Lipinski definition) is 7. The fourth-order valence-electron chi connectivity index (χ4n) is 3.89. The van der Waals surface area contributed by atoms with Crippen LogP contribution in [0.5, 0.6) is 5.75 Å². The number of aryl methyl sites for hydroxylation is 1. The van der Waals surface area contributed by atoms with E-state index in [9.17, 15) is 9.59 Å². The summed E-state index contributed by atoms with van der Waals surface area (Å²) in [6.07, 6.45) is 4.01. The number of pyridine rings is 1. The number of benzene rings is 1. The lowest BCUT2D eigenvalue weighted by Gasteiger charge is -2.22. The number of hydrogen-bond donors (Lipinski definition) is 0. The molecule has 0 N–H and O–H groups in total. The van der Waals surface area contributed by atoms with E-state index in [2.05, 4.69) is 10.1 Å². The van der Waals surface area contributed by atoms with Crippen molar-refractivity contribution in [1.82, 2.24) is 15.0 Å². The molecule has 8 nitrogen and oxygen atoms in total. The van der Waals surface area contributed by atoms with Gasteiger partial charge in [-0.15, -0.1) is 0 Å². The van der Waals surface area contributed by atoms with E-state index in [-0.39, 0.29) is 18.6 Å². The molecule has 32 heavy (non-hydrogen) atoms. The van der Waals surface area contributed by atoms with Gasteiger partial charge in [0.2, 0.25) is 0 Å². The van der Waals surface area contributed by atoms with E-state index in [0.29, 0.717) is 34.8 Å². The predicted molar refractivity (Wildman–Crippen MR) is 115 cm³/mol. The van der Waals surface area contributed by atoms with Gasteiger partial charge in [-0.25, -0.2) is 9.78 Å². The van der Waals surface area contributed by atoms with Crippen LogP contribution in [-0.2, 0) is 16.1 Å². The van der Waals surface area contributed by atoms with Crippen LogP contribution >= 0.6 is 0 Å². The number of aromatic nitrogens is 2. The molecule has 0 spiro atoms. The van der Waals surface area contributed by atoms with Crippen LogP contribution in [0.4, 0.5) is 0 Å². The SMILES string of the molecule is COc1ccc(CN(C(=O)COC(=O)c2cc(C3CC3)nc3onc(C)c23)C2CC2)cc1. The minimum absolute atomic E-state index is 0.192. The van der Waals surface area contributed by atoms with Crippen LogP contribution in [0.3, 0.4) is 0 Å². The second kappa shape index (κ2) is 8.26. The molecule has 2 saturated carbocycles. The number of esters is 1. The van der Waals surface area contributed by atoms with Gasteiger partial charge in [0, 0.05) is 24.2 Å². The number of carbonyl (C=O) groups is 2. The standard InChI is InChI=1S/C24H25N3O5/c1-14-22-19(11-20(16-5-6-16)25-23(22)32-26-14)24(29)31-13-21(28)27(17-7-8-17)12-15-3-9-18(30-2)10-4-15/h3-4,9-11,16-17H,5-8,12-13H2,1-2H3. The lowest BCUT2D eigenvalue weighted by atomic mass is 10.1. The third kappa shape index (κ3) is 4.17. The van der Waals surface area contributed by atoms with Crippen molar-refractivity contribution in [3.05, 3.63) is 52.8 Å². The first kappa shape index (κ1) is 20.5. The molecule has 0 radical (unpaired) electrons. The van der Waals surface area contributed by atoms with Gasteiger partial charge in [0.05, 0.1) is 23.8 Å². The van der Waals surface area contributed by atoms with Crippen LogP contribution in [0, 0.1) is 6.92 Å². The first-order valence-electron chi connectivity index (χ1n) is 10.9. The van der Waals surface area contributed by atoms with Crippen LogP contribution in [0.15, 0.2) is 34.9 Å².